The average molecular weight is 431 g/mol. The van der Waals surface area contributed by atoms with Gasteiger partial charge in [-0.1, -0.05) is 38.1 Å². The minimum atomic E-state index is -0.562. The molecule has 1 amide bonds. The third-order valence-electron chi connectivity index (χ3n) is 5.36. The van der Waals surface area contributed by atoms with E-state index in [0.29, 0.717) is 24.7 Å². The van der Waals surface area contributed by atoms with Crippen LogP contribution in [0.15, 0.2) is 34.9 Å². The van der Waals surface area contributed by atoms with Crippen molar-refractivity contribution in [1.82, 2.24) is 15.0 Å². The Balaban J connectivity index is 1.34. The summed E-state index contributed by atoms with van der Waals surface area (Å²) in [5, 5.41) is 16.9. The average Bonchev–Trinajstić information content (AvgIpc) is 3.12. The van der Waals surface area contributed by atoms with Crippen LogP contribution in [0.3, 0.4) is 0 Å². The smallest absolute Gasteiger partial charge is 0.239 e. The first-order chi connectivity index (χ1) is 14.7. The highest BCUT2D eigenvalue weighted by atomic mass is 16.5. The Kier molecular flexibility index (Phi) is 7.69. The van der Waals surface area contributed by atoms with Gasteiger partial charge in [0.1, 0.15) is 24.2 Å². The van der Waals surface area contributed by atoms with Gasteiger partial charge in [0.05, 0.1) is 6.54 Å². The molecule has 0 radical (unpaired) electrons. The number of carbonyl (C=O) groups is 1. The van der Waals surface area contributed by atoms with E-state index in [0.717, 1.165) is 31.9 Å². The summed E-state index contributed by atoms with van der Waals surface area (Å²) < 4.78 is 10.7. The molecular weight excluding hydrogens is 396 g/mol. The molecule has 0 spiro atoms. The standard InChI is InChI=1S/C23H34N4O4/c1-17-13-21(25-31-17)24-22(29)15-27-11-9-26(10-12-27)14-19(28)16-30-20-7-5-18(6-8-20)23(2,3)4/h5-8,13,19,28H,9-12,14-16H2,1-4H3,(H,24,25,29). The first kappa shape index (κ1) is 23.2. The fourth-order valence-corrected chi connectivity index (χ4v) is 3.54. The van der Waals surface area contributed by atoms with Gasteiger partial charge in [0.15, 0.2) is 5.82 Å². The lowest BCUT2D eigenvalue weighted by Gasteiger charge is -2.35. The van der Waals surface area contributed by atoms with Gasteiger partial charge in [-0.3, -0.25) is 14.6 Å². The molecule has 8 nitrogen and oxygen atoms in total. The molecule has 3 rings (SSSR count). The summed E-state index contributed by atoms with van der Waals surface area (Å²) in [5.74, 6) is 1.77. The molecule has 2 N–H and O–H groups in total. The Bertz CT molecular complexity index is 836. The number of anilines is 1. The summed E-state index contributed by atoms with van der Waals surface area (Å²) in [5.41, 5.74) is 1.36. The van der Waals surface area contributed by atoms with Gasteiger partial charge in [0, 0.05) is 38.8 Å². The lowest BCUT2D eigenvalue weighted by molar-refractivity contribution is -0.117. The lowest BCUT2D eigenvalue weighted by atomic mass is 9.87. The summed E-state index contributed by atoms with van der Waals surface area (Å²) in [6.45, 7) is 12.6. The number of nitrogens with zero attached hydrogens (tertiary/aromatic N) is 3. The van der Waals surface area contributed by atoms with Gasteiger partial charge < -0.3 is 19.7 Å². The Morgan fingerprint density at radius 3 is 2.42 bits per heavy atom. The SMILES string of the molecule is Cc1cc(NC(=O)CN2CCN(CC(O)COc3ccc(C(C)(C)C)cc3)CC2)no1. The molecule has 2 aromatic rings. The Morgan fingerprint density at radius 2 is 1.84 bits per heavy atom. The maximum atomic E-state index is 12.1. The van der Waals surface area contributed by atoms with E-state index in [1.54, 1.807) is 13.0 Å². The molecule has 1 aliphatic heterocycles. The second-order valence-corrected chi connectivity index (χ2v) is 9.19. The van der Waals surface area contributed by atoms with Crippen LogP contribution in [0.2, 0.25) is 0 Å². The molecule has 1 fully saturated rings. The number of ether oxygens (including phenoxy) is 1. The van der Waals surface area contributed by atoms with E-state index in [9.17, 15) is 9.90 Å². The summed E-state index contributed by atoms with van der Waals surface area (Å²) >= 11 is 0. The minimum absolute atomic E-state index is 0.104. The number of hydrogen-bond acceptors (Lipinski definition) is 7. The van der Waals surface area contributed by atoms with Crippen molar-refractivity contribution in [3.05, 3.63) is 41.7 Å². The molecule has 8 heteroatoms. The lowest BCUT2D eigenvalue weighted by Crippen LogP contribution is -2.50. The second kappa shape index (κ2) is 10.3. The summed E-state index contributed by atoms with van der Waals surface area (Å²) in [6.07, 6.45) is -0.562. The zero-order chi connectivity index (χ0) is 22.4. The van der Waals surface area contributed by atoms with Gasteiger partial charge in [-0.25, -0.2) is 0 Å². The molecule has 0 saturated carbocycles. The normalized spacial score (nSPS) is 16.8. The zero-order valence-electron chi connectivity index (χ0n) is 18.9. The van der Waals surface area contributed by atoms with E-state index in [2.05, 4.69) is 53.2 Å². The molecule has 1 unspecified atom stereocenters. The summed E-state index contributed by atoms with van der Waals surface area (Å²) in [4.78, 5) is 16.4. The summed E-state index contributed by atoms with van der Waals surface area (Å²) in [6, 6.07) is 9.75. The van der Waals surface area contributed by atoms with Crippen LogP contribution in [-0.2, 0) is 10.2 Å². The van der Waals surface area contributed by atoms with Crippen molar-refractivity contribution < 1.29 is 19.2 Å². The number of rotatable bonds is 8. The number of amides is 1. The number of aliphatic hydroxyl groups excluding tert-OH is 1. The van der Waals surface area contributed by atoms with E-state index in [1.807, 2.05) is 12.1 Å². The minimum Gasteiger partial charge on any atom is -0.491 e. The van der Waals surface area contributed by atoms with E-state index in [-0.39, 0.29) is 17.9 Å². The number of nitrogens with one attached hydrogen (secondary N) is 1. The molecule has 1 aromatic heterocycles. The van der Waals surface area contributed by atoms with Crippen LogP contribution in [0.25, 0.3) is 0 Å². The van der Waals surface area contributed by atoms with Crippen molar-refractivity contribution in [2.24, 2.45) is 0 Å². The van der Waals surface area contributed by atoms with Gasteiger partial charge in [-0.15, -0.1) is 0 Å². The quantitative estimate of drug-likeness (QED) is 0.664. The largest absolute Gasteiger partial charge is 0.491 e. The van der Waals surface area contributed by atoms with Crippen molar-refractivity contribution in [1.29, 1.82) is 0 Å². The van der Waals surface area contributed by atoms with E-state index < -0.39 is 6.10 Å². The van der Waals surface area contributed by atoms with Gasteiger partial charge in [0.2, 0.25) is 5.91 Å². The number of benzene rings is 1. The fourth-order valence-electron chi connectivity index (χ4n) is 3.54. The zero-order valence-corrected chi connectivity index (χ0v) is 18.9. The molecule has 170 valence electrons. The van der Waals surface area contributed by atoms with E-state index in [4.69, 9.17) is 9.26 Å². The third kappa shape index (κ3) is 7.34. The highest BCUT2D eigenvalue weighted by Gasteiger charge is 2.21. The van der Waals surface area contributed by atoms with Crippen molar-refractivity contribution >= 4 is 11.7 Å². The fraction of sp³-hybridized carbons (Fsp3) is 0.565. The molecule has 1 aliphatic rings. The molecular formula is C23H34N4O4. The van der Waals surface area contributed by atoms with Crippen LogP contribution >= 0.6 is 0 Å². The molecule has 1 saturated heterocycles. The van der Waals surface area contributed by atoms with Crippen molar-refractivity contribution in [3.63, 3.8) is 0 Å². The maximum Gasteiger partial charge on any atom is 0.239 e. The van der Waals surface area contributed by atoms with Crippen LogP contribution in [0.1, 0.15) is 32.1 Å². The van der Waals surface area contributed by atoms with Crippen LogP contribution in [0, 0.1) is 6.92 Å². The van der Waals surface area contributed by atoms with Crippen molar-refractivity contribution in [2.75, 3.05) is 51.2 Å². The Morgan fingerprint density at radius 1 is 1.19 bits per heavy atom. The number of β-amino-alcohol motifs (C(OH)–C–C–N with tert-alkyl or cyclic N) is 1. The Hall–Kier alpha value is -2.42. The van der Waals surface area contributed by atoms with Crippen LogP contribution in [0.4, 0.5) is 5.82 Å². The molecule has 0 aliphatic carbocycles. The van der Waals surface area contributed by atoms with Gasteiger partial charge in [-0.05, 0) is 30.0 Å². The number of carbonyl (C=O) groups excluding carboxylic acids is 1. The first-order valence-corrected chi connectivity index (χ1v) is 10.8. The highest BCUT2D eigenvalue weighted by Crippen LogP contribution is 2.24. The Labute approximate surface area is 184 Å². The van der Waals surface area contributed by atoms with Gasteiger partial charge in [-0.2, -0.15) is 0 Å². The predicted octanol–water partition coefficient (Wildman–Crippen LogP) is 2.28. The monoisotopic (exact) mass is 430 g/mol. The molecule has 31 heavy (non-hydrogen) atoms. The van der Waals surface area contributed by atoms with E-state index in [1.165, 1.54) is 5.56 Å². The van der Waals surface area contributed by atoms with Gasteiger partial charge >= 0.3 is 0 Å². The molecule has 0 bridgehead atoms. The maximum absolute atomic E-state index is 12.1. The number of aliphatic hydroxyl groups is 1. The summed E-state index contributed by atoms with van der Waals surface area (Å²) in [7, 11) is 0. The third-order valence-corrected chi connectivity index (χ3v) is 5.36. The van der Waals surface area contributed by atoms with Crippen molar-refractivity contribution in [2.45, 2.75) is 39.2 Å². The van der Waals surface area contributed by atoms with E-state index >= 15 is 0 Å². The van der Waals surface area contributed by atoms with Crippen LogP contribution in [0.5, 0.6) is 5.75 Å². The van der Waals surface area contributed by atoms with Crippen LogP contribution in [-0.4, -0.2) is 77.9 Å². The van der Waals surface area contributed by atoms with Gasteiger partial charge in [0.25, 0.3) is 0 Å². The second-order valence-electron chi connectivity index (χ2n) is 9.19. The number of piperazine rings is 1. The predicted molar refractivity (Wildman–Crippen MR) is 119 cm³/mol. The molecule has 2 heterocycles. The van der Waals surface area contributed by atoms with Crippen molar-refractivity contribution in [3.8, 4) is 5.75 Å². The topological polar surface area (TPSA) is 91.1 Å². The molecule has 1 aromatic carbocycles. The highest BCUT2D eigenvalue weighted by molar-refractivity contribution is 5.91. The number of hydrogen-bond donors (Lipinski definition) is 2. The first-order valence-electron chi connectivity index (χ1n) is 10.8. The number of aromatic nitrogens is 1. The molecule has 1 atom stereocenters. The van der Waals surface area contributed by atoms with Crippen LogP contribution < -0.4 is 10.1 Å². The number of aryl methyl sites for hydroxylation is 1.